The van der Waals surface area contributed by atoms with Crippen LogP contribution in [0.3, 0.4) is 0 Å². The predicted molar refractivity (Wildman–Crippen MR) is 70.6 cm³/mol. The number of carbonyl (C=O) groups excluding carboxylic acids is 1. The molecular formula is C13H18ClN3O. The van der Waals surface area contributed by atoms with E-state index in [1.807, 2.05) is 11.8 Å². The molecule has 0 unspecified atom stereocenters. The van der Waals surface area contributed by atoms with Gasteiger partial charge >= 0.3 is 0 Å². The standard InChI is InChI=1S/C13H18ClN3O/c1-2-17(10-6-4-3-5-7-10)13(18)11-8-16-12(14)9-15-11/h8-10H,2-7H2,1H3. The molecule has 1 fully saturated rings. The van der Waals surface area contributed by atoms with E-state index in [0.717, 1.165) is 12.8 Å². The van der Waals surface area contributed by atoms with E-state index in [0.29, 0.717) is 23.4 Å². The van der Waals surface area contributed by atoms with Crippen molar-refractivity contribution < 1.29 is 4.79 Å². The van der Waals surface area contributed by atoms with Crippen molar-refractivity contribution >= 4 is 17.5 Å². The molecule has 1 aliphatic rings. The number of aromatic nitrogens is 2. The molecule has 1 aliphatic carbocycles. The van der Waals surface area contributed by atoms with Crippen molar-refractivity contribution in [3.8, 4) is 0 Å². The average Bonchev–Trinajstić information content (AvgIpc) is 2.41. The first-order valence-electron chi connectivity index (χ1n) is 6.51. The van der Waals surface area contributed by atoms with Crippen LogP contribution in [0.5, 0.6) is 0 Å². The lowest BCUT2D eigenvalue weighted by Crippen LogP contribution is -2.41. The smallest absolute Gasteiger partial charge is 0.274 e. The van der Waals surface area contributed by atoms with E-state index in [2.05, 4.69) is 9.97 Å². The Morgan fingerprint density at radius 3 is 2.61 bits per heavy atom. The molecule has 0 atom stereocenters. The normalized spacial score (nSPS) is 16.6. The van der Waals surface area contributed by atoms with E-state index in [9.17, 15) is 4.79 Å². The van der Waals surface area contributed by atoms with Gasteiger partial charge in [0.1, 0.15) is 10.8 Å². The van der Waals surface area contributed by atoms with E-state index in [4.69, 9.17) is 11.6 Å². The Bertz CT molecular complexity index is 401. The summed E-state index contributed by atoms with van der Waals surface area (Å²) in [5, 5.41) is 0.312. The first-order chi connectivity index (χ1) is 8.72. The molecule has 0 N–H and O–H groups in total. The van der Waals surface area contributed by atoms with Crippen molar-refractivity contribution in [3.05, 3.63) is 23.2 Å². The van der Waals surface area contributed by atoms with Crippen LogP contribution in [0.15, 0.2) is 12.4 Å². The molecule has 1 amide bonds. The quantitative estimate of drug-likeness (QED) is 0.846. The number of hydrogen-bond donors (Lipinski definition) is 0. The first kappa shape index (κ1) is 13.3. The van der Waals surface area contributed by atoms with Crippen LogP contribution in [0, 0.1) is 0 Å². The second-order valence-corrected chi connectivity index (χ2v) is 4.99. The van der Waals surface area contributed by atoms with Crippen molar-refractivity contribution in [1.29, 1.82) is 0 Å². The van der Waals surface area contributed by atoms with Gasteiger partial charge in [0.15, 0.2) is 0 Å². The van der Waals surface area contributed by atoms with E-state index >= 15 is 0 Å². The molecular weight excluding hydrogens is 250 g/mol. The molecule has 4 nitrogen and oxygen atoms in total. The molecule has 0 spiro atoms. The molecule has 0 bridgehead atoms. The summed E-state index contributed by atoms with van der Waals surface area (Å²) in [5.74, 6) is -0.0337. The third-order valence-corrected chi connectivity index (χ3v) is 3.65. The lowest BCUT2D eigenvalue weighted by molar-refractivity contribution is 0.0641. The molecule has 2 rings (SSSR count). The SMILES string of the molecule is CCN(C(=O)c1cnc(Cl)cn1)C1CCCCC1. The summed E-state index contributed by atoms with van der Waals surface area (Å²) in [6, 6.07) is 0.355. The van der Waals surface area contributed by atoms with Crippen LogP contribution in [0.1, 0.15) is 49.5 Å². The molecule has 1 aromatic heterocycles. The molecule has 0 aromatic carbocycles. The fourth-order valence-electron chi connectivity index (χ4n) is 2.53. The van der Waals surface area contributed by atoms with Crippen LogP contribution in [-0.2, 0) is 0 Å². The van der Waals surface area contributed by atoms with Gasteiger partial charge in [-0.1, -0.05) is 30.9 Å². The minimum Gasteiger partial charge on any atom is -0.335 e. The zero-order valence-corrected chi connectivity index (χ0v) is 11.4. The summed E-state index contributed by atoms with van der Waals surface area (Å²) in [6.45, 7) is 2.73. The maximum atomic E-state index is 12.4. The lowest BCUT2D eigenvalue weighted by Gasteiger charge is -2.33. The van der Waals surface area contributed by atoms with Crippen LogP contribution in [0.4, 0.5) is 0 Å². The van der Waals surface area contributed by atoms with Gasteiger partial charge in [0.05, 0.1) is 12.4 Å². The fourth-order valence-corrected chi connectivity index (χ4v) is 2.63. The Morgan fingerprint density at radius 1 is 1.33 bits per heavy atom. The second-order valence-electron chi connectivity index (χ2n) is 4.61. The van der Waals surface area contributed by atoms with E-state index in [1.165, 1.54) is 31.7 Å². The Morgan fingerprint density at radius 2 is 2.06 bits per heavy atom. The third-order valence-electron chi connectivity index (χ3n) is 3.46. The third kappa shape index (κ3) is 2.99. The zero-order chi connectivity index (χ0) is 13.0. The monoisotopic (exact) mass is 267 g/mol. The van der Waals surface area contributed by atoms with Gasteiger partial charge in [-0.05, 0) is 19.8 Å². The largest absolute Gasteiger partial charge is 0.335 e. The Kier molecular flexibility index (Phi) is 4.53. The molecule has 1 aromatic rings. The number of amides is 1. The first-order valence-corrected chi connectivity index (χ1v) is 6.88. The number of halogens is 1. The summed E-state index contributed by atoms with van der Waals surface area (Å²) in [4.78, 5) is 22.3. The van der Waals surface area contributed by atoms with Crippen molar-refractivity contribution in [2.24, 2.45) is 0 Å². The van der Waals surface area contributed by atoms with Crippen molar-refractivity contribution in [3.63, 3.8) is 0 Å². The molecule has 98 valence electrons. The van der Waals surface area contributed by atoms with E-state index < -0.39 is 0 Å². The summed E-state index contributed by atoms with van der Waals surface area (Å²) in [5.41, 5.74) is 0.381. The highest BCUT2D eigenvalue weighted by Gasteiger charge is 2.25. The van der Waals surface area contributed by atoms with Gasteiger partial charge in [-0.3, -0.25) is 4.79 Å². The van der Waals surface area contributed by atoms with Crippen molar-refractivity contribution in [2.75, 3.05) is 6.54 Å². The van der Waals surface area contributed by atoms with Crippen molar-refractivity contribution in [2.45, 2.75) is 45.1 Å². The Labute approximate surface area is 112 Å². The van der Waals surface area contributed by atoms with Gasteiger partial charge in [0.2, 0.25) is 0 Å². The molecule has 0 radical (unpaired) electrons. The predicted octanol–water partition coefficient (Wildman–Crippen LogP) is 2.92. The van der Waals surface area contributed by atoms with Crippen LogP contribution in [-0.4, -0.2) is 33.4 Å². The van der Waals surface area contributed by atoms with Gasteiger partial charge < -0.3 is 4.90 Å². The number of carbonyl (C=O) groups is 1. The molecule has 1 saturated carbocycles. The topological polar surface area (TPSA) is 46.1 Å². The van der Waals surface area contributed by atoms with Gasteiger partial charge in [0.25, 0.3) is 5.91 Å². The highest BCUT2D eigenvalue weighted by Crippen LogP contribution is 2.23. The van der Waals surface area contributed by atoms with Crippen LogP contribution >= 0.6 is 11.6 Å². The summed E-state index contributed by atoms with van der Waals surface area (Å²) in [7, 11) is 0. The number of nitrogens with zero attached hydrogens (tertiary/aromatic N) is 3. The zero-order valence-electron chi connectivity index (χ0n) is 10.6. The molecule has 18 heavy (non-hydrogen) atoms. The number of rotatable bonds is 3. The minimum atomic E-state index is -0.0337. The Balaban J connectivity index is 2.11. The number of hydrogen-bond acceptors (Lipinski definition) is 3. The minimum absolute atomic E-state index is 0.0337. The second kappa shape index (κ2) is 6.14. The Hall–Kier alpha value is -1.16. The van der Waals surface area contributed by atoms with Crippen LogP contribution < -0.4 is 0 Å². The van der Waals surface area contributed by atoms with Crippen molar-refractivity contribution in [1.82, 2.24) is 14.9 Å². The maximum absolute atomic E-state index is 12.4. The van der Waals surface area contributed by atoms with Gasteiger partial charge in [-0.2, -0.15) is 0 Å². The summed E-state index contributed by atoms with van der Waals surface area (Å²) in [6.07, 6.45) is 8.77. The highest BCUT2D eigenvalue weighted by atomic mass is 35.5. The van der Waals surface area contributed by atoms with Crippen LogP contribution in [0.25, 0.3) is 0 Å². The molecule has 0 saturated heterocycles. The maximum Gasteiger partial charge on any atom is 0.274 e. The average molecular weight is 268 g/mol. The van der Waals surface area contributed by atoms with Gasteiger partial charge in [0, 0.05) is 12.6 Å². The lowest BCUT2D eigenvalue weighted by atomic mass is 9.94. The van der Waals surface area contributed by atoms with E-state index in [-0.39, 0.29) is 5.91 Å². The van der Waals surface area contributed by atoms with E-state index in [1.54, 1.807) is 0 Å². The van der Waals surface area contributed by atoms with Gasteiger partial charge in [-0.15, -0.1) is 0 Å². The molecule has 5 heteroatoms. The van der Waals surface area contributed by atoms with Gasteiger partial charge in [-0.25, -0.2) is 9.97 Å². The molecule has 0 aliphatic heterocycles. The summed E-state index contributed by atoms with van der Waals surface area (Å²) < 4.78 is 0. The fraction of sp³-hybridized carbons (Fsp3) is 0.615. The highest BCUT2D eigenvalue weighted by molar-refractivity contribution is 6.29. The summed E-state index contributed by atoms with van der Waals surface area (Å²) >= 11 is 5.68. The molecule has 1 heterocycles. The van der Waals surface area contributed by atoms with Crippen LogP contribution in [0.2, 0.25) is 5.15 Å².